The molecule has 0 radical (unpaired) electrons. The monoisotopic (exact) mass is 268 g/mol. The second-order valence-electron chi connectivity index (χ2n) is 4.17. The number of aryl methyl sites for hydroxylation is 1. The molecule has 0 unspecified atom stereocenters. The van der Waals surface area contributed by atoms with Gasteiger partial charge in [-0.1, -0.05) is 6.92 Å². The highest BCUT2D eigenvalue weighted by Gasteiger charge is 2.17. The van der Waals surface area contributed by atoms with Gasteiger partial charge in [-0.25, -0.2) is 4.39 Å². The number of anilines is 1. The standard InChI is InChI=1S/C13H17FN2O3/c1-3-10(7-17)15-12(18)13(19)16-11-5-4-9(14)6-8(11)2/h4-6,10,17H,3,7H2,1-2H3,(H,15,18)(H,16,19)/t10-/m0/s1. The lowest BCUT2D eigenvalue weighted by molar-refractivity contribution is -0.136. The zero-order valence-electron chi connectivity index (χ0n) is 10.9. The van der Waals surface area contributed by atoms with Crippen molar-refractivity contribution < 1.29 is 19.1 Å². The molecule has 0 aromatic heterocycles. The first-order valence-electron chi connectivity index (χ1n) is 5.96. The highest BCUT2D eigenvalue weighted by molar-refractivity contribution is 6.39. The van der Waals surface area contributed by atoms with E-state index in [2.05, 4.69) is 10.6 Å². The Balaban J connectivity index is 2.66. The van der Waals surface area contributed by atoms with Crippen molar-refractivity contribution in [2.75, 3.05) is 11.9 Å². The molecule has 0 saturated carbocycles. The van der Waals surface area contributed by atoms with Gasteiger partial charge in [0.1, 0.15) is 5.82 Å². The van der Waals surface area contributed by atoms with Gasteiger partial charge in [-0.2, -0.15) is 0 Å². The number of benzene rings is 1. The molecular weight excluding hydrogens is 251 g/mol. The Kier molecular flexibility index (Phi) is 5.44. The third-order valence-electron chi connectivity index (χ3n) is 2.69. The van der Waals surface area contributed by atoms with Gasteiger partial charge in [0.15, 0.2) is 0 Å². The largest absolute Gasteiger partial charge is 0.394 e. The molecule has 0 fully saturated rings. The Bertz CT molecular complexity index is 473. The second kappa shape index (κ2) is 6.84. The van der Waals surface area contributed by atoms with E-state index in [1.54, 1.807) is 13.8 Å². The number of carbonyl (C=O) groups is 2. The maximum atomic E-state index is 12.9. The van der Waals surface area contributed by atoms with E-state index in [1.165, 1.54) is 18.2 Å². The third kappa shape index (κ3) is 4.33. The molecule has 3 N–H and O–H groups in total. The number of aliphatic hydroxyl groups is 1. The lowest BCUT2D eigenvalue weighted by Crippen LogP contribution is -2.43. The molecule has 1 aromatic carbocycles. The predicted molar refractivity (Wildman–Crippen MR) is 69.1 cm³/mol. The van der Waals surface area contributed by atoms with Crippen LogP contribution in [-0.4, -0.2) is 29.6 Å². The van der Waals surface area contributed by atoms with Crippen LogP contribution in [0.3, 0.4) is 0 Å². The Morgan fingerprint density at radius 2 is 2.05 bits per heavy atom. The summed E-state index contributed by atoms with van der Waals surface area (Å²) in [5.41, 5.74) is 0.897. The summed E-state index contributed by atoms with van der Waals surface area (Å²) in [6, 6.07) is 3.39. The van der Waals surface area contributed by atoms with Crippen LogP contribution in [0.2, 0.25) is 0 Å². The first kappa shape index (κ1) is 15.1. The Morgan fingerprint density at radius 3 is 2.58 bits per heavy atom. The van der Waals surface area contributed by atoms with Crippen molar-refractivity contribution in [2.45, 2.75) is 26.3 Å². The van der Waals surface area contributed by atoms with Crippen LogP contribution < -0.4 is 10.6 Å². The summed E-state index contributed by atoms with van der Waals surface area (Å²) in [4.78, 5) is 23.2. The van der Waals surface area contributed by atoms with Gasteiger partial charge in [-0.3, -0.25) is 9.59 Å². The fourth-order valence-corrected chi connectivity index (χ4v) is 1.47. The van der Waals surface area contributed by atoms with Crippen LogP contribution in [0, 0.1) is 12.7 Å². The van der Waals surface area contributed by atoms with Gasteiger partial charge in [-0.05, 0) is 37.1 Å². The topological polar surface area (TPSA) is 78.4 Å². The average Bonchev–Trinajstić information content (AvgIpc) is 2.38. The van der Waals surface area contributed by atoms with Crippen molar-refractivity contribution in [3.8, 4) is 0 Å². The summed E-state index contributed by atoms with van der Waals surface area (Å²) in [6.07, 6.45) is 0.519. The van der Waals surface area contributed by atoms with Gasteiger partial charge in [-0.15, -0.1) is 0 Å². The molecule has 0 aliphatic rings. The van der Waals surface area contributed by atoms with Gasteiger partial charge < -0.3 is 15.7 Å². The SMILES string of the molecule is CC[C@@H](CO)NC(=O)C(=O)Nc1ccc(F)cc1C. The zero-order valence-corrected chi connectivity index (χ0v) is 10.9. The predicted octanol–water partition coefficient (Wildman–Crippen LogP) is 0.960. The molecule has 1 rings (SSSR count). The fourth-order valence-electron chi connectivity index (χ4n) is 1.47. The number of rotatable bonds is 4. The van der Waals surface area contributed by atoms with Crippen LogP contribution in [0.4, 0.5) is 10.1 Å². The van der Waals surface area contributed by atoms with Crippen LogP contribution in [-0.2, 0) is 9.59 Å². The smallest absolute Gasteiger partial charge is 0.313 e. The number of halogens is 1. The highest BCUT2D eigenvalue weighted by Crippen LogP contribution is 2.15. The van der Waals surface area contributed by atoms with E-state index in [9.17, 15) is 14.0 Å². The van der Waals surface area contributed by atoms with E-state index in [1.807, 2.05) is 0 Å². The van der Waals surface area contributed by atoms with Gasteiger partial charge in [0.25, 0.3) is 0 Å². The summed E-state index contributed by atoms with van der Waals surface area (Å²) in [6.45, 7) is 3.17. The number of hydrogen-bond donors (Lipinski definition) is 3. The van der Waals surface area contributed by atoms with Gasteiger partial charge >= 0.3 is 11.8 Å². The molecule has 0 heterocycles. The molecule has 0 saturated heterocycles. The van der Waals surface area contributed by atoms with Crippen molar-refractivity contribution in [2.24, 2.45) is 0 Å². The summed E-state index contributed by atoms with van der Waals surface area (Å²) in [5.74, 6) is -2.09. The van der Waals surface area contributed by atoms with E-state index in [0.29, 0.717) is 17.7 Å². The average molecular weight is 268 g/mol. The maximum absolute atomic E-state index is 12.9. The number of amides is 2. The zero-order chi connectivity index (χ0) is 14.4. The molecule has 1 aromatic rings. The van der Waals surface area contributed by atoms with Crippen LogP contribution in [0.15, 0.2) is 18.2 Å². The van der Waals surface area contributed by atoms with Gasteiger partial charge in [0.05, 0.1) is 12.6 Å². The molecule has 0 aliphatic heterocycles. The van der Waals surface area contributed by atoms with Gasteiger partial charge in [0.2, 0.25) is 0 Å². The molecular formula is C13H17FN2O3. The van der Waals surface area contributed by atoms with E-state index in [4.69, 9.17) is 5.11 Å². The molecule has 19 heavy (non-hydrogen) atoms. The minimum absolute atomic E-state index is 0.231. The van der Waals surface area contributed by atoms with E-state index < -0.39 is 23.7 Å². The minimum Gasteiger partial charge on any atom is -0.394 e. The first-order valence-corrected chi connectivity index (χ1v) is 5.96. The lowest BCUT2D eigenvalue weighted by atomic mass is 10.2. The lowest BCUT2D eigenvalue weighted by Gasteiger charge is -2.14. The number of aliphatic hydroxyl groups excluding tert-OH is 1. The van der Waals surface area contributed by atoms with E-state index in [0.717, 1.165) is 0 Å². The summed E-state index contributed by atoms with van der Waals surface area (Å²) in [5, 5.41) is 13.7. The molecule has 0 aliphatic carbocycles. The highest BCUT2D eigenvalue weighted by atomic mass is 19.1. The minimum atomic E-state index is -0.846. The molecule has 1 atom stereocenters. The van der Waals surface area contributed by atoms with E-state index >= 15 is 0 Å². The molecule has 2 amide bonds. The van der Waals surface area contributed by atoms with Crippen LogP contribution in [0.5, 0.6) is 0 Å². The third-order valence-corrected chi connectivity index (χ3v) is 2.69. The molecule has 0 spiro atoms. The Hall–Kier alpha value is -1.95. The normalized spacial score (nSPS) is 11.8. The summed E-state index contributed by atoms with van der Waals surface area (Å²) in [7, 11) is 0. The van der Waals surface area contributed by atoms with E-state index in [-0.39, 0.29) is 6.61 Å². The molecule has 0 bridgehead atoms. The number of nitrogens with one attached hydrogen (secondary N) is 2. The molecule has 5 nitrogen and oxygen atoms in total. The number of carbonyl (C=O) groups excluding carboxylic acids is 2. The first-order chi connectivity index (χ1) is 8.97. The molecule has 104 valence electrons. The fraction of sp³-hybridized carbons (Fsp3) is 0.385. The van der Waals surface area contributed by atoms with Crippen molar-refractivity contribution in [1.29, 1.82) is 0 Å². The van der Waals surface area contributed by atoms with Crippen LogP contribution in [0.1, 0.15) is 18.9 Å². The van der Waals surface area contributed by atoms with Gasteiger partial charge in [0, 0.05) is 5.69 Å². The van der Waals surface area contributed by atoms with Crippen LogP contribution >= 0.6 is 0 Å². The van der Waals surface area contributed by atoms with Crippen molar-refractivity contribution >= 4 is 17.5 Å². The second-order valence-corrected chi connectivity index (χ2v) is 4.17. The van der Waals surface area contributed by atoms with Crippen molar-refractivity contribution in [3.63, 3.8) is 0 Å². The van der Waals surface area contributed by atoms with Crippen LogP contribution in [0.25, 0.3) is 0 Å². The maximum Gasteiger partial charge on any atom is 0.313 e. The molecule has 6 heteroatoms. The Morgan fingerprint density at radius 1 is 1.37 bits per heavy atom. The van der Waals surface area contributed by atoms with Crippen molar-refractivity contribution in [1.82, 2.24) is 5.32 Å². The number of hydrogen-bond acceptors (Lipinski definition) is 3. The summed E-state index contributed by atoms with van der Waals surface area (Å²) < 4.78 is 12.9. The summed E-state index contributed by atoms with van der Waals surface area (Å²) >= 11 is 0. The Labute approximate surface area is 110 Å². The van der Waals surface area contributed by atoms with Crippen molar-refractivity contribution in [3.05, 3.63) is 29.6 Å². The quantitative estimate of drug-likeness (QED) is 0.712.